The van der Waals surface area contributed by atoms with Crippen LogP contribution in [0.2, 0.25) is 0 Å². The molecule has 1 aromatic carbocycles. The predicted molar refractivity (Wildman–Crippen MR) is 118 cm³/mol. The SMILES string of the molecule is CC[C@@H](Nc1cc(=NC2CC2)n2ncc(=Cc3cc(O)[nH]c3O)c2n1)c1ccccc1. The average Bonchev–Trinajstić information content (AvgIpc) is 3.41. The van der Waals surface area contributed by atoms with E-state index in [1.54, 1.807) is 16.8 Å². The highest BCUT2D eigenvalue weighted by Gasteiger charge is 2.20. The van der Waals surface area contributed by atoms with E-state index >= 15 is 0 Å². The van der Waals surface area contributed by atoms with Crippen LogP contribution in [0.25, 0.3) is 11.7 Å². The summed E-state index contributed by atoms with van der Waals surface area (Å²) in [7, 11) is 0. The number of aromatic amines is 1. The Morgan fingerprint density at radius 3 is 2.74 bits per heavy atom. The van der Waals surface area contributed by atoms with E-state index in [-0.39, 0.29) is 17.8 Å². The molecule has 1 atom stereocenters. The van der Waals surface area contributed by atoms with Gasteiger partial charge in [0.15, 0.2) is 22.9 Å². The number of fused-ring (bicyclic) bond motifs is 1. The molecule has 31 heavy (non-hydrogen) atoms. The van der Waals surface area contributed by atoms with Gasteiger partial charge >= 0.3 is 0 Å². The standard InChI is InChI=1S/C23H24N6O2/c1-2-18(14-6-4-3-5-7-14)26-19-12-20(25-17-8-9-17)29-22(27-19)16(13-24-29)10-15-11-21(30)28-23(15)31/h3-7,10-13,17-18,26,28,30-31H,2,8-9H2,1H3/t18-/m1/s1. The molecule has 0 radical (unpaired) electrons. The van der Waals surface area contributed by atoms with E-state index in [9.17, 15) is 10.2 Å². The molecule has 5 rings (SSSR count). The number of nitrogens with zero attached hydrogens (tertiary/aromatic N) is 4. The van der Waals surface area contributed by atoms with E-state index in [1.807, 2.05) is 24.3 Å². The highest BCUT2D eigenvalue weighted by Crippen LogP contribution is 2.24. The normalized spacial score (nSPS) is 16.2. The van der Waals surface area contributed by atoms with E-state index in [0.717, 1.165) is 35.8 Å². The van der Waals surface area contributed by atoms with E-state index in [0.29, 0.717) is 17.3 Å². The molecule has 158 valence electrons. The Morgan fingerprint density at radius 1 is 1.26 bits per heavy atom. The maximum atomic E-state index is 9.99. The Morgan fingerprint density at radius 2 is 2.06 bits per heavy atom. The van der Waals surface area contributed by atoms with E-state index in [2.05, 4.69) is 34.5 Å². The van der Waals surface area contributed by atoms with Gasteiger partial charge in [0.25, 0.3) is 0 Å². The lowest BCUT2D eigenvalue weighted by molar-refractivity contribution is 0.425. The number of hydrogen-bond acceptors (Lipinski definition) is 6. The van der Waals surface area contributed by atoms with Gasteiger partial charge in [-0.1, -0.05) is 37.3 Å². The molecule has 4 N–H and O–H groups in total. The van der Waals surface area contributed by atoms with Gasteiger partial charge in [0.05, 0.1) is 18.3 Å². The molecule has 0 spiro atoms. The van der Waals surface area contributed by atoms with Gasteiger partial charge in [0, 0.05) is 22.9 Å². The smallest absolute Gasteiger partial charge is 0.198 e. The second kappa shape index (κ2) is 7.79. The lowest BCUT2D eigenvalue weighted by atomic mass is 10.0. The van der Waals surface area contributed by atoms with Crippen molar-refractivity contribution in [1.29, 1.82) is 0 Å². The van der Waals surface area contributed by atoms with Crippen molar-refractivity contribution in [3.05, 3.63) is 70.5 Å². The highest BCUT2D eigenvalue weighted by molar-refractivity contribution is 5.62. The summed E-state index contributed by atoms with van der Waals surface area (Å²) in [5.74, 6) is 0.511. The average molecular weight is 416 g/mol. The van der Waals surface area contributed by atoms with Crippen LogP contribution in [0.4, 0.5) is 5.82 Å². The van der Waals surface area contributed by atoms with Crippen LogP contribution in [0.1, 0.15) is 43.4 Å². The lowest BCUT2D eigenvalue weighted by Gasteiger charge is -2.18. The van der Waals surface area contributed by atoms with Crippen molar-refractivity contribution < 1.29 is 10.2 Å². The van der Waals surface area contributed by atoms with Crippen LogP contribution in [-0.2, 0) is 0 Å². The number of aromatic nitrogens is 4. The van der Waals surface area contributed by atoms with Crippen LogP contribution in [0.3, 0.4) is 0 Å². The monoisotopic (exact) mass is 416 g/mol. The van der Waals surface area contributed by atoms with Crippen LogP contribution in [0.5, 0.6) is 11.8 Å². The predicted octanol–water partition coefficient (Wildman–Crippen LogP) is 2.64. The zero-order valence-electron chi connectivity index (χ0n) is 17.2. The van der Waals surface area contributed by atoms with E-state index < -0.39 is 0 Å². The molecule has 0 unspecified atom stereocenters. The maximum absolute atomic E-state index is 9.99. The van der Waals surface area contributed by atoms with Gasteiger partial charge in [-0.2, -0.15) is 9.61 Å². The molecule has 8 nitrogen and oxygen atoms in total. The van der Waals surface area contributed by atoms with Gasteiger partial charge < -0.3 is 15.5 Å². The molecular formula is C23H24N6O2. The molecule has 8 heteroatoms. The van der Waals surface area contributed by atoms with Gasteiger partial charge in [-0.15, -0.1) is 0 Å². The van der Waals surface area contributed by atoms with Crippen molar-refractivity contribution in [2.24, 2.45) is 4.99 Å². The molecular weight excluding hydrogens is 392 g/mol. The first-order chi connectivity index (χ1) is 15.1. The zero-order valence-corrected chi connectivity index (χ0v) is 17.2. The second-order valence-electron chi connectivity index (χ2n) is 7.81. The van der Waals surface area contributed by atoms with E-state index in [4.69, 9.17) is 9.98 Å². The number of H-pyrrole nitrogens is 1. The van der Waals surface area contributed by atoms with Crippen molar-refractivity contribution in [2.45, 2.75) is 38.3 Å². The molecule has 1 saturated carbocycles. The molecule has 3 aromatic heterocycles. The largest absolute Gasteiger partial charge is 0.494 e. The fourth-order valence-electron chi connectivity index (χ4n) is 3.63. The van der Waals surface area contributed by atoms with Crippen LogP contribution in [0, 0.1) is 0 Å². The van der Waals surface area contributed by atoms with Crippen molar-refractivity contribution >= 4 is 17.5 Å². The Labute approximate surface area is 178 Å². The van der Waals surface area contributed by atoms with Crippen LogP contribution < -0.4 is 16.0 Å². The molecule has 1 fully saturated rings. The second-order valence-corrected chi connectivity index (χ2v) is 7.81. The first kappa shape index (κ1) is 19.2. The van der Waals surface area contributed by atoms with E-state index in [1.165, 1.54) is 11.6 Å². The third-order valence-corrected chi connectivity index (χ3v) is 5.40. The third-order valence-electron chi connectivity index (χ3n) is 5.40. The Bertz CT molecular complexity index is 1340. The number of anilines is 1. The summed E-state index contributed by atoms with van der Waals surface area (Å²) in [5, 5.41) is 28.3. The summed E-state index contributed by atoms with van der Waals surface area (Å²) in [6.07, 6.45) is 6.51. The minimum atomic E-state index is -0.107. The fraction of sp³-hybridized carbons (Fsp3) is 0.261. The molecule has 3 heterocycles. The highest BCUT2D eigenvalue weighted by atomic mass is 16.3. The van der Waals surface area contributed by atoms with Crippen molar-refractivity contribution in [3.8, 4) is 11.8 Å². The maximum Gasteiger partial charge on any atom is 0.198 e. The first-order valence-electron chi connectivity index (χ1n) is 10.5. The lowest BCUT2D eigenvalue weighted by Crippen LogP contribution is -2.21. The van der Waals surface area contributed by atoms with Crippen molar-refractivity contribution in [1.82, 2.24) is 19.6 Å². The summed E-state index contributed by atoms with van der Waals surface area (Å²) >= 11 is 0. The molecule has 0 bridgehead atoms. The van der Waals surface area contributed by atoms with Gasteiger partial charge in [0.1, 0.15) is 5.82 Å². The van der Waals surface area contributed by atoms with Crippen molar-refractivity contribution in [2.75, 3.05) is 5.32 Å². The minimum Gasteiger partial charge on any atom is -0.494 e. The minimum absolute atomic E-state index is 0.103. The third kappa shape index (κ3) is 3.96. The van der Waals surface area contributed by atoms with Crippen molar-refractivity contribution in [3.63, 3.8) is 0 Å². The number of benzene rings is 1. The molecule has 0 saturated heterocycles. The van der Waals surface area contributed by atoms with Gasteiger partial charge in [0.2, 0.25) is 0 Å². The first-order valence-corrected chi connectivity index (χ1v) is 10.5. The Kier molecular flexibility index (Phi) is 4.82. The number of aromatic hydroxyl groups is 2. The molecule has 0 amide bonds. The zero-order chi connectivity index (χ0) is 21.4. The molecule has 4 aromatic rings. The summed E-state index contributed by atoms with van der Waals surface area (Å²) in [6, 6.07) is 14.1. The van der Waals surface area contributed by atoms with Crippen LogP contribution >= 0.6 is 0 Å². The fourth-order valence-corrected chi connectivity index (χ4v) is 3.63. The Balaban J connectivity index is 1.63. The summed E-state index contributed by atoms with van der Waals surface area (Å²) in [4.78, 5) is 12.1. The van der Waals surface area contributed by atoms with Crippen LogP contribution in [0.15, 0.2) is 53.7 Å². The van der Waals surface area contributed by atoms with Gasteiger partial charge in [-0.3, -0.25) is 9.98 Å². The molecule has 1 aliphatic rings. The quantitative estimate of drug-likeness (QED) is 0.386. The number of rotatable bonds is 6. The summed E-state index contributed by atoms with van der Waals surface area (Å²) < 4.78 is 1.72. The topological polar surface area (TPSA) is 111 Å². The summed E-state index contributed by atoms with van der Waals surface area (Å²) in [6.45, 7) is 2.14. The Hall–Kier alpha value is -3.81. The number of hydrogen-bond donors (Lipinski definition) is 4. The van der Waals surface area contributed by atoms with Gasteiger partial charge in [-0.25, -0.2) is 4.98 Å². The molecule has 0 aliphatic heterocycles. The molecule has 1 aliphatic carbocycles. The summed E-state index contributed by atoms with van der Waals surface area (Å²) in [5.41, 5.74) is 3.04. The number of nitrogens with one attached hydrogen (secondary N) is 2. The van der Waals surface area contributed by atoms with Crippen LogP contribution in [-0.4, -0.2) is 35.8 Å². The van der Waals surface area contributed by atoms with Gasteiger partial charge in [-0.05, 0) is 30.9 Å².